The van der Waals surface area contributed by atoms with Crippen LogP contribution in [0.4, 0.5) is 0 Å². The van der Waals surface area contributed by atoms with Crippen molar-refractivity contribution in [2.24, 2.45) is 0 Å². The van der Waals surface area contributed by atoms with Gasteiger partial charge < -0.3 is 8.83 Å². The maximum atomic E-state index is 6.67. The normalized spacial score (nSPS) is 11.9. The minimum atomic E-state index is 0.127. The molecule has 0 unspecified atom stereocenters. The van der Waals surface area contributed by atoms with Crippen LogP contribution in [0.25, 0.3) is 110 Å². The number of nitrogens with zero attached hydrogens (tertiary/aromatic N) is 5. The summed E-state index contributed by atoms with van der Waals surface area (Å²) in [7, 11) is 0. The molecule has 0 fully saturated rings. The molecular weight excluding hydrogens is 686 g/mol. The molecule has 0 radical (unpaired) electrons. The molecule has 52 heavy (non-hydrogen) atoms. The number of rotatable bonds is 4. The molecule has 5 aromatic heterocycles. The van der Waals surface area contributed by atoms with Gasteiger partial charge in [0.2, 0.25) is 5.28 Å². The SMILES string of the molecule is Clc1nc(-c2cccc3c2oc2cccc(-c4nc(-c5ccccc5)nc(-c5cccc6c5sc5ccccc56)n4)c23)c2oc3ccccc3c2n1. The average molecular weight is 708 g/mol. The molecule has 0 aliphatic heterocycles. The summed E-state index contributed by atoms with van der Waals surface area (Å²) in [6.45, 7) is 0. The van der Waals surface area contributed by atoms with Crippen molar-refractivity contribution in [1.29, 1.82) is 0 Å². The first kappa shape index (κ1) is 29.3. The second-order valence-electron chi connectivity index (χ2n) is 12.5. The molecule has 0 saturated heterocycles. The van der Waals surface area contributed by atoms with Crippen molar-refractivity contribution in [1.82, 2.24) is 24.9 Å². The van der Waals surface area contributed by atoms with E-state index < -0.39 is 0 Å². The molecule has 11 rings (SSSR count). The number of halogens is 1. The fourth-order valence-corrected chi connectivity index (χ4v) is 8.60. The zero-order valence-corrected chi connectivity index (χ0v) is 28.6. The number of fused-ring (bicyclic) bond motifs is 9. The van der Waals surface area contributed by atoms with E-state index >= 15 is 0 Å². The number of thiophene rings is 1. The summed E-state index contributed by atoms with van der Waals surface area (Å²) in [5, 5.41) is 5.17. The fraction of sp³-hybridized carbons (Fsp3) is 0. The van der Waals surface area contributed by atoms with Gasteiger partial charge in [0.1, 0.15) is 28.0 Å². The molecule has 9 heteroatoms. The average Bonchev–Trinajstić information content (AvgIpc) is 3.89. The first-order valence-electron chi connectivity index (χ1n) is 16.7. The first-order valence-corrected chi connectivity index (χ1v) is 17.9. The van der Waals surface area contributed by atoms with E-state index in [1.54, 1.807) is 11.3 Å². The van der Waals surface area contributed by atoms with E-state index in [0.717, 1.165) is 43.1 Å². The van der Waals surface area contributed by atoms with Crippen molar-refractivity contribution in [3.05, 3.63) is 139 Å². The van der Waals surface area contributed by atoms with Crippen LogP contribution in [0, 0.1) is 0 Å². The summed E-state index contributed by atoms with van der Waals surface area (Å²) in [4.78, 5) is 24.6. The van der Waals surface area contributed by atoms with Gasteiger partial charge in [0.25, 0.3) is 0 Å². The molecular formula is C43H22ClN5O2S. The van der Waals surface area contributed by atoms with E-state index in [1.807, 2.05) is 91.0 Å². The molecule has 0 aliphatic rings. The second-order valence-corrected chi connectivity index (χ2v) is 13.9. The molecule has 0 N–H and O–H groups in total. The summed E-state index contributed by atoms with van der Waals surface area (Å²) in [5.74, 6) is 1.74. The molecule has 0 spiro atoms. The Balaban J connectivity index is 1.16. The predicted octanol–water partition coefficient (Wildman–Crippen LogP) is 12.1. The Kier molecular flexibility index (Phi) is 6.34. The molecule has 11 aromatic rings. The Morgan fingerprint density at radius 2 is 1.10 bits per heavy atom. The highest BCUT2D eigenvalue weighted by Crippen LogP contribution is 2.44. The van der Waals surface area contributed by atoms with Crippen molar-refractivity contribution >= 4 is 87.1 Å². The maximum absolute atomic E-state index is 6.67. The van der Waals surface area contributed by atoms with E-state index in [1.165, 1.54) is 15.5 Å². The number of furan rings is 2. The van der Waals surface area contributed by atoms with E-state index in [9.17, 15) is 0 Å². The van der Waals surface area contributed by atoms with Crippen LogP contribution >= 0.6 is 22.9 Å². The number of hydrogen-bond acceptors (Lipinski definition) is 8. The third-order valence-corrected chi connectivity index (χ3v) is 10.9. The number of para-hydroxylation sites is 2. The third kappa shape index (κ3) is 4.41. The highest BCUT2D eigenvalue weighted by atomic mass is 35.5. The van der Waals surface area contributed by atoms with E-state index in [-0.39, 0.29) is 5.28 Å². The summed E-state index contributed by atoms with van der Waals surface area (Å²) < 4.78 is 15.3. The van der Waals surface area contributed by atoms with Crippen molar-refractivity contribution in [3.63, 3.8) is 0 Å². The second kappa shape index (κ2) is 11.3. The van der Waals surface area contributed by atoms with Crippen molar-refractivity contribution in [2.45, 2.75) is 0 Å². The molecule has 6 aromatic carbocycles. The number of benzene rings is 6. The van der Waals surface area contributed by atoms with Gasteiger partial charge in [-0.1, -0.05) is 97.1 Å². The molecule has 5 heterocycles. The molecule has 7 nitrogen and oxygen atoms in total. The van der Waals surface area contributed by atoms with Gasteiger partial charge in [-0.3, -0.25) is 0 Å². The first-order chi connectivity index (χ1) is 25.7. The van der Waals surface area contributed by atoms with E-state index in [2.05, 4.69) is 52.4 Å². The van der Waals surface area contributed by atoms with Crippen LogP contribution in [-0.4, -0.2) is 24.9 Å². The quantitative estimate of drug-likeness (QED) is 0.168. The van der Waals surface area contributed by atoms with Crippen molar-refractivity contribution in [3.8, 4) is 45.4 Å². The lowest BCUT2D eigenvalue weighted by Gasteiger charge is -2.10. The largest absolute Gasteiger partial charge is 0.455 e. The molecule has 0 aliphatic carbocycles. The van der Waals surface area contributed by atoms with Gasteiger partial charge in [-0.25, -0.2) is 24.9 Å². The Morgan fingerprint density at radius 3 is 1.98 bits per heavy atom. The highest BCUT2D eigenvalue weighted by Gasteiger charge is 2.23. The molecule has 244 valence electrons. The van der Waals surface area contributed by atoms with E-state index in [4.69, 9.17) is 35.4 Å². The zero-order valence-electron chi connectivity index (χ0n) is 27.0. The Bertz CT molecular complexity index is 3220. The minimum Gasteiger partial charge on any atom is -0.455 e. The van der Waals surface area contributed by atoms with Gasteiger partial charge in [-0.2, -0.15) is 0 Å². The fourth-order valence-electron chi connectivity index (χ4n) is 7.22. The van der Waals surface area contributed by atoms with Crippen LogP contribution in [0.3, 0.4) is 0 Å². The molecule has 0 bridgehead atoms. The number of hydrogen-bond donors (Lipinski definition) is 0. The number of aromatic nitrogens is 5. The highest BCUT2D eigenvalue weighted by molar-refractivity contribution is 7.26. The van der Waals surface area contributed by atoms with Crippen LogP contribution in [-0.2, 0) is 0 Å². The zero-order chi connectivity index (χ0) is 34.3. The minimum absolute atomic E-state index is 0.127. The maximum Gasteiger partial charge on any atom is 0.223 e. The lowest BCUT2D eigenvalue weighted by Crippen LogP contribution is -2.00. The smallest absolute Gasteiger partial charge is 0.223 e. The predicted molar refractivity (Wildman–Crippen MR) is 210 cm³/mol. The van der Waals surface area contributed by atoms with Crippen LogP contribution < -0.4 is 0 Å². The monoisotopic (exact) mass is 707 g/mol. The standard InChI is InChI=1S/C43H22ClN5O2S/c44-43-45-35-26-14-4-6-20-31(26)50-38(35)36(46-43)29-18-9-16-27-34-28(17-10-21-32(34)51-37(27)29)41-47-40(23-11-2-1-3-12-23)48-42(49-41)30-19-8-15-25-24-13-5-7-22-33(24)52-39(25)30/h1-22H. The van der Waals surface area contributed by atoms with Crippen LogP contribution in [0.2, 0.25) is 5.28 Å². The van der Waals surface area contributed by atoms with Crippen LogP contribution in [0.1, 0.15) is 0 Å². The van der Waals surface area contributed by atoms with Crippen LogP contribution in [0.15, 0.2) is 142 Å². The molecule has 0 saturated carbocycles. The summed E-state index contributed by atoms with van der Waals surface area (Å²) in [6.07, 6.45) is 0. The molecule has 0 amide bonds. The Hall–Kier alpha value is -6.48. The van der Waals surface area contributed by atoms with E-state index in [0.29, 0.717) is 51.0 Å². The Labute approximate surface area is 303 Å². The Morgan fingerprint density at radius 1 is 0.462 bits per heavy atom. The lowest BCUT2D eigenvalue weighted by molar-refractivity contribution is 0.662. The van der Waals surface area contributed by atoms with Gasteiger partial charge in [0.15, 0.2) is 23.1 Å². The van der Waals surface area contributed by atoms with Gasteiger partial charge in [0.05, 0.1) is 0 Å². The van der Waals surface area contributed by atoms with Gasteiger partial charge in [-0.15, -0.1) is 11.3 Å². The summed E-state index contributed by atoms with van der Waals surface area (Å²) in [5.41, 5.74) is 7.23. The topological polar surface area (TPSA) is 90.7 Å². The lowest BCUT2D eigenvalue weighted by atomic mass is 10.0. The van der Waals surface area contributed by atoms with Gasteiger partial charge in [-0.05, 0) is 48.0 Å². The summed E-state index contributed by atoms with van der Waals surface area (Å²) >= 11 is 8.29. The third-order valence-electron chi connectivity index (χ3n) is 9.52. The molecule has 0 atom stereocenters. The van der Waals surface area contributed by atoms with Gasteiger partial charge >= 0.3 is 0 Å². The van der Waals surface area contributed by atoms with Gasteiger partial charge in [0, 0.05) is 58.6 Å². The van der Waals surface area contributed by atoms with Crippen LogP contribution in [0.5, 0.6) is 0 Å². The van der Waals surface area contributed by atoms with Crippen molar-refractivity contribution < 1.29 is 8.83 Å². The summed E-state index contributed by atoms with van der Waals surface area (Å²) in [6, 6.07) is 44.6. The van der Waals surface area contributed by atoms with Crippen molar-refractivity contribution in [2.75, 3.05) is 0 Å².